The zero-order valence-electron chi connectivity index (χ0n) is 8.64. The van der Waals surface area contributed by atoms with Gasteiger partial charge in [-0.3, -0.25) is 4.79 Å². The van der Waals surface area contributed by atoms with Gasteiger partial charge in [0.1, 0.15) is 0 Å². The fourth-order valence-electron chi connectivity index (χ4n) is 1.72. The summed E-state index contributed by atoms with van der Waals surface area (Å²) in [6.07, 6.45) is -2.82. The Bertz CT molecular complexity index is 370. The first kappa shape index (κ1) is 13.3. The molecular weight excluding hydrogens is 244 g/mol. The van der Waals surface area contributed by atoms with E-state index < -0.39 is 40.8 Å². The molecule has 5 nitrogen and oxygen atoms in total. The quantitative estimate of drug-likeness (QED) is 0.782. The van der Waals surface area contributed by atoms with Gasteiger partial charge in [-0.1, -0.05) is 0 Å². The zero-order valence-corrected chi connectivity index (χ0v) is 9.45. The van der Waals surface area contributed by atoms with Crippen LogP contribution in [-0.2, 0) is 14.8 Å². The Labute approximate surface area is 92.1 Å². The SMILES string of the molecule is CCS(=O)(=O)N1C[C@@H](C(=O)O)[C@H](C(F)F)C1. The minimum absolute atomic E-state index is 0.213. The van der Waals surface area contributed by atoms with Crippen LogP contribution in [0, 0.1) is 11.8 Å². The predicted octanol–water partition coefficient (Wildman–Crippen LogP) is 0.234. The van der Waals surface area contributed by atoms with Crippen LogP contribution < -0.4 is 0 Å². The number of carboxylic acids is 1. The van der Waals surface area contributed by atoms with Crippen LogP contribution in [0.2, 0.25) is 0 Å². The van der Waals surface area contributed by atoms with E-state index in [0.717, 1.165) is 4.31 Å². The third-order valence-corrected chi connectivity index (χ3v) is 4.55. The highest BCUT2D eigenvalue weighted by atomic mass is 32.2. The number of carbonyl (C=O) groups is 1. The van der Waals surface area contributed by atoms with Crippen LogP contribution in [0.15, 0.2) is 0 Å². The second-order valence-electron chi connectivity index (χ2n) is 3.66. The van der Waals surface area contributed by atoms with Crippen molar-refractivity contribution in [2.45, 2.75) is 13.3 Å². The third kappa shape index (κ3) is 2.49. The van der Waals surface area contributed by atoms with Gasteiger partial charge in [-0.15, -0.1) is 0 Å². The van der Waals surface area contributed by atoms with Crippen LogP contribution in [0.25, 0.3) is 0 Å². The molecule has 1 saturated heterocycles. The van der Waals surface area contributed by atoms with Crippen LogP contribution in [0.3, 0.4) is 0 Å². The van der Waals surface area contributed by atoms with Crippen molar-refractivity contribution >= 4 is 16.0 Å². The normalized spacial score (nSPS) is 27.5. The molecule has 16 heavy (non-hydrogen) atoms. The first-order chi connectivity index (χ1) is 7.29. The van der Waals surface area contributed by atoms with E-state index in [1.165, 1.54) is 6.92 Å². The van der Waals surface area contributed by atoms with Crippen molar-refractivity contribution in [2.75, 3.05) is 18.8 Å². The van der Waals surface area contributed by atoms with Crippen molar-refractivity contribution in [3.63, 3.8) is 0 Å². The summed E-state index contributed by atoms with van der Waals surface area (Å²) in [5.41, 5.74) is 0. The van der Waals surface area contributed by atoms with Gasteiger partial charge in [0, 0.05) is 19.0 Å². The molecule has 0 aliphatic carbocycles. The summed E-state index contributed by atoms with van der Waals surface area (Å²) < 4.78 is 48.7. The number of aliphatic carboxylic acids is 1. The Balaban J connectivity index is 2.89. The molecule has 1 heterocycles. The van der Waals surface area contributed by atoms with Gasteiger partial charge in [-0.25, -0.2) is 21.5 Å². The first-order valence-corrected chi connectivity index (χ1v) is 6.39. The number of hydrogen-bond donors (Lipinski definition) is 1. The van der Waals surface area contributed by atoms with Gasteiger partial charge in [-0.2, -0.15) is 0 Å². The molecule has 0 aromatic rings. The number of alkyl halides is 2. The Morgan fingerprint density at radius 2 is 2.06 bits per heavy atom. The lowest BCUT2D eigenvalue weighted by Crippen LogP contribution is -2.31. The van der Waals surface area contributed by atoms with Crippen LogP contribution in [0.4, 0.5) is 8.78 Å². The van der Waals surface area contributed by atoms with E-state index in [4.69, 9.17) is 5.11 Å². The average molecular weight is 257 g/mol. The van der Waals surface area contributed by atoms with Crippen molar-refractivity contribution in [1.29, 1.82) is 0 Å². The monoisotopic (exact) mass is 257 g/mol. The lowest BCUT2D eigenvalue weighted by molar-refractivity contribution is -0.144. The standard InChI is InChI=1S/C8H13F2NO4S/c1-2-16(14,15)11-3-5(7(9)10)6(4-11)8(12)13/h5-7H,2-4H2,1H3,(H,12,13)/t5-,6-/m1/s1. The third-order valence-electron chi connectivity index (χ3n) is 2.73. The maximum atomic E-state index is 12.5. The Kier molecular flexibility index (Phi) is 3.84. The molecule has 2 atom stereocenters. The highest BCUT2D eigenvalue weighted by molar-refractivity contribution is 7.89. The smallest absolute Gasteiger partial charge is 0.308 e. The van der Waals surface area contributed by atoms with Gasteiger partial charge >= 0.3 is 5.97 Å². The van der Waals surface area contributed by atoms with E-state index in [2.05, 4.69) is 0 Å². The van der Waals surface area contributed by atoms with E-state index >= 15 is 0 Å². The topological polar surface area (TPSA) is 74.7 Å². The lowest BCUT2D eigenvalue weighted by atomic mass is 9.97. The van der Waals surface area contributed by atoms with E-state index in [-0.39, 0.29) is 12.3 Å². The average Bonchev–Trinajstić information content (AvgIpc) is 2.62. The van der Waals surface area contributed by atoms with Crippen LogP contribution in [0.5, 0.6) is 0 Å². The molecule has 1 aliphatic rings. The second kappa shape index (κ2) is 4.62. The van der Waals surface area contributed by atoms with Crippen LogP contribution in [-0.4, -0.2) is 49.1 Å². The summed E-state index contributed by atoms with van der Waals surface area (Å²) in [4.78, 5) is 10.7. The van der Waals surface area contributed by atoms with Crippen molar-refractivity contribution in [2.24, 2.45) is 11.8 Å². The molecule has 0 amide bonds. The minimum atomic E-state index is -3.59. The number of hydrogen-bond acceptors (Lipinski definition) is 3. The van der Waals surface area contributed by atoms with Gasteiger partial charge in [-0.05, 0) is 6.92 Å². The van der Waals surface area contributed by atoms with Gasteiger partial charge in [0.15, 0.2) is 0 Å². The molecule has 0 saturated carbocycles. The zero-order chi connectivity index (χ0) is 12.5. The summed E-state index contributed by atoms with van der Waals surface area (Å²) in [6.45, 7) is 0.617. The molecular formula is C8H13F2NO4S. The first-order valence-electron chi connectivity index (χ1n) is 4.78. The fourth-order valence-corrected chi connectivity index (χ4v) is 2.87. The van der Waals surface area contributed by atoms with Crippen molar-refractivity contribution < 1.29 is 27.1 Å². The Morgan fingerprint density at radius 3 is 2.38 bits per heavy atom. The number of halogens is 2. The molecule has 0 aromatic carbocycles. The van der Waals surface area contributed by atoms with Crippen molar-refractivity contribution in [1.82, 2.24) is 4.31 Å². The number of carboxylic acid groups (broad SMARTS) is 1. The molecule has 1 N–H and O–H groups in total. The molecule has 0 aromatic heterocycles. The summed E-state index contributed by atoms with van der Waals surface area (Å²) >= 11 is 0. The van der Waals surface area contributed by atoms with Crippen molar-refractivity contribution in [3.8, 4) is 0 Å². The number of sulfonamides is 1. The molecule has 0 radical (unpaired) electrons. The summed E-state index contributed by atoms with van der Waals surface area (Å²) in [6, 6.07) is 0. The van der Waals surface area contributed by atoms with E-state index in [9.17, 15) is 22.0 Å². The maximum absolute atomic E-state index is 12.5. The predicted molar refractivity (Wildman–Crippen MR) is 51.7 cm³/mol. The Morgan fingerprint density at radius 1 is 1.50 bits per heavy atom. The largest absolute Gasteiger partial charge is 0.481 e. The lowest BCUT2D eigenvalue weighted by Gasteiger charge is -2.14. The van der Waals surface area contributed by atoms with E-state index in [0.29, 0.717) is 0 Å². The summed E-state index contributed by atoms with van der Waals surface area (Å²) in [7, 11) is -3.59. The molecule has 94 valence electrons. The molecule has 1 rings (SSSR count). The second-order valence-corrected chi connectivity index (χ2v) is 5.92. The highest BCUT2D eigenvalue weighted by Gasteiger charge is 2.45. The van der Waals surface area contributed by atoms with Gasteiger partial charge in [0.2, 0.25) is 16.4 Å². The fraction of sp³-hybridized carbons (Fsp3) is 0.875. The minimum Gasteiger partial charge on any atom is -0.481 e. The van der Waals surface area contributed by atoms with Crippen molar-refractivity contribution in [3.05, 3.63) is 0 Å². The molecule has 1 fully saturated rings. The van der Waals surface area contributed by atoms with Gasteiger partial charge in [0.25, 0.3) is 0 Å². The molecule has 0 spiro atoms. The highest BCUT2D eigenvalue weighted by Crippen LogP contribution is 2.30. The Hall–Kier alpha value is -0.760. The van der Waals surface area contributed by atoms with Crippen LogP contribution >= 0.6 is 0 Å². The molecule has 0 unspecified atom stereocenters. The number of nitrogens with zero attached hydrogens (tertiary/aromatic N) is 1. The number of rotatable bonds is 4. The van der Waals surface area contributed by atoms with Gasteiger partial charge in [0.05, 0.1) is 11.7 Å². The molecule has 8 heteroatoms. The summed E-state index contributed by atoms with van der Waals surface area (Å²) in [5, 5.41) is 8.73. The summed E-state index contributed by atoms with van der Waals surface area (Å²) in [5.74, 6) is -4.32. The molecule has 0 bridgehead atoms. The van der Waals surface area contributed by atoms with E-state index in [1.54, 1.807) is 0 Å². The maximum Gasteiger partial charge on any atom is 0.308 e. The van der Waals surface area contributed by atoms with E-state index in [1.807, 2.05) is 0 Å². The molecule has 1 aliphatic heterocycles. The van der Waals surface area contributed by atoms with Gasteiger partial charge < -0.3 is 5.11 Å². The van der Waals surface area contributed by atoms with Crippen LogP contribution in [0.1, 0.15) is 6.92 Å².